The third-order valence-electron chi connectivity index (χ3n) is 11.6. The van der Waals surface area contributed by atoms with Crippen LogP contribution in [-0.2, 0) is 29.3 Å². The second-order valence-electron chi connectivity index (χ2n) is 18.3. The van der Waals surface area contributed by atoms with Crippen LogP contribution in [0.25, 0.3) is 21.6 Å². The second kappa shape index (κ2) is 17.8. The Morgan fingerprint density at radius 3 is 2.44 bits per heavy atom. The number of alkyl carbamates (subject to hydrolysis) is 1. The van der Waals surface area contributed by atoms with E-state index in [-0.39, 0.29) is 55.8 Å². The van der Waals surface area contributed by atoms with Gasteiger partial charge < -0.3 is 19.7 Å². The molecule has 334 valence electrons. The van der Waals surface area contributed by atoms with E-state index in [1.165, 1.54) is 36.4 Å². The van der Waals surface area contributed by atoms with Gasteiger partial charge in [-0.1, -0.05) is 38.8 Å². The lowest BCUT2D eigenvalue weighted by molar-refractivity contribution is -0.140. The first kappa shape index (κ1) is 46.1. The molecule has 5 atom stereocenters. The van der Waals surface area contributed by atoms with Crippen molar-refractivity contribution >= 4 is 56.3 Å². The van der Waals surface area contributed by atoms with Crippen LogP contribution in [0.1, 0.15) is 122 Å². The van der Waals surface area contributed by atoms with Gasteiger partial charge in [0.15, 0.2) is 5.78 Å². The summed E-state index contributed by atoms with van der Waals surface area (Å²) in [6.07, 6.45) is 5.29. The molecule has 2 aliphatic heterocycles. The van der Waals surface area contributed by atoms with Gasteiger partial charge in [-0.25, -0.2) is 18.9 Å². The van der Waals surface area contributed by atoms with Crippen LogP contribution in [0.3, 0.4) is 0 Å². The first-order valence-electron chi connectivity index (χ1n) is 21.1. The number of benzene rings is 1. The Hall–Kier alpha value is -4.42. The van der Waals surface area contributed by atoms with Crippen molar-refractivity contribution in [2.75, 3.05) is 20.6 Å². The number of allylic oxidation sites excluding steroid dienone is 2. The van der Waals surface area contributed by atoms with E-state index < -0.39 is 74.8 Å². The van der Waals surface area contributed by atoms with E-state index in [2.05, 4.69) is 10.0 Å². The molecule has 1 saturated carbocycles. The molecule has 2 N–H and O–H groups in total. The number of aryl methyl sites for hydroxylation is 1. The molecule has 1 aliphatic carbocycles. The summed E-state index contributed by atoms with van der Waals surface area (Å²) >= 11 is 1.40. The highest BCUT2D eigenvalue weighted by atomic mass is 32.2. The predicted molar refractivity (Wildman–Crippen MR) is 231 cm³/mol. The average Bonchev–Trinajstić information content (AvgIpc) is 3.41. The summed E-state index contributed by atoms with van der Waals surface area (Å²) in [7, 11) is -1.56. The minimum Gasteiger partial charge on any atom is -0.459 e. The second-order valence-corrected chi connectivity index (χ2v) is 21.4. The third-order valence-corrected chi connectivity index (χ3v) is 14.0. The normalized spacial score (nSPS) is 24.7. The van der Waals surface area contributed by atoms with E-state index in [4.69, 9.17) is 19.4 Å². The Balaban J connectivity index is 1.38. The zero-order chi connectivity index (χ0) is 44.8. The summed E-state index contributed by atoms with van der Waals surface area (Å²) in [4.78, 5) is 68.4. The molecule has 18 heteroatoms. The lowest BCUT2D eigenvalue weighted by Gasteiger charge is -2.30. The number of halogens is 1. The summed E-state index contributed by atoms with van der Waals surface area (Å²) in [5, 5.41) is 3.26. The number of hydrogen-bond acceptors (Lipinski definition) is 11. The minimum absolute atomic E-state index is 0.0177. The van der Waals surface area contributed by atoms with Crippen molar-refractivity contribution in [3.8, 4) is 16.6 Å². The van der Waals surface area contributed by atoms with E-state index in [1.807, 2.05) is 51.3 Å². The molecule has 3 aromatic rings. The first-order chi connectivity index (χ1) is 28.5. The Morgan fingerprint density at radius 1 is 1.08 bits per heavy atom. The lowest BCUT2D eigenvalue weighted by Crippen LogP contribution is -2.53. The fourth-order valence-corrected chi connectivity index (χ4v) is 10.1. The average molecular weight is 886 g/mol. The van der Waals surface area contributed by atoms with Crippen molar-refractivity contribution in [2.45, 2.75) is 143 Å². The van der Waals surface area contributed by atoms with Crippen LogP contribution < -0.4 is 14.8 Å². The fraction of sp³-hybridized carbons (Fsp3) is 0.628. The number of Topliss-reactive ketones (excluding diaryl/α,β-unsaturated/α-hetero) is 1. The van der Waals surface area contributed by atoms with Gasteiger partial charge in [0.05, 0.1) is 34.8 Å². The van der Waals surface area contributed by atoms with E-state index in [0.29, 0.717) is 28.9 Å². The number of rotatable bonds is 9. The third kappa shape index (κ3) is 9.96. The van der Waals surface area contributed by atoms with E-state index in [0.717, 1.165) is 27.7 Å². The molecule has 61 heavy (non-hydrogen) atoms. The number of aromatic nitrogens is 3. The fourth-order valence-electron chi connectivity index (χ4n) is 8.36. The highest BCUT2D eigenvalue weighted by Gasteiger charge is 2.61. The van der Waals surface area contributed by atoms with Crippen molar-refractivity contribution in [1.29, 1.82) is 0 Å². The van der Waals surface area contributed by atoms with Gasteiger partial charge >= 0.3 is 16.3 Å². The molecule has 0 radical (unpaired) electrons. The molecule has 2 aromatic heterocycles. The zero-order valence-corrected chi connectivity index (χ0v) is 38.5. The van der Waals surface area contributed by atoms with Crippen molar-refractivity contribution in [1.82, 2.24) is 33.8 Å². The minimum atomic E-state index is -4.17. The van der Waals surface area contributed by atoms with Crippen LogP contribution in [-0.4, -0.2) is 100 Å². The van der Waals surface area contributed by atoms with Crippen LogP contribution in [0, 0.1) is 24.1 Å². The topological polar surface area (TPSA) is 182 Å². The molecule has 15 nitrogen and oxygen atoms in total. The van der Waals surface area contributed by atoms with Gasteiger partial charge in [-0.05, 0) is 91.2 Å². The number of nitrogens with zero attached hydrogens (tertiary/aromatic N) is 5. The van der Waals surface area contributed by atoms with Crippen molar-refractivity contribution in [3.05, 3.63) is 40.7 Å². The Kier molecular flexibility index (Phi) is 13.4. The highest BCUT2D eigenvalue weighted by Crippen LogP contribution is 2.57. The maximum Gasteiger partial charge on any atom is 0.408 e. The van der Waals surface area contributed by atoms with Crippen LogP contribution >= 0.6 is 11.3 Å². The number of ether oxygens (including phenoxy) is 2. The summed E-state index contributed by atoms with van der Waals surface area (Å²) in [6, 6.07) is 0.885. The van der Waals surface area contributed by atoms with Gasteiger partial charge in [0.25, 0.3) is 6.01 Å². The molecule has 0 spiro atoms. The predicted octanol–water partition coefficient (Wildman–Crippen LogP) is 6.96. The van der Waals surface area contributed by atoms with Crippen LogP contribution in [0.15, 0.2) is 24.3 Å². The van der Waals surface area contributed by atoms with Gasteiger partial charge in [0.2, 0.25) is 11.8 Å². The molecule has 0 bridgehead atoms. The van der Waals surface area contributed by atoms with Crippen LogP contribution in [0.4, 0.5) is 9.18 Å². The number of fused-ring (bicyclic) bond motifs is 3. The molecule has 0 unspecified atom stereocenters. The SMILES string of the molecule is Cc1sc(-c2c(F)ccc3c2nc(O[C@@H]2C[C@H]4C(=O)C[C@]5(C(=O)NS(=O)(=O)N(C)C)C[C@H]5/C=C\CCCCC[C@H](NC(=O)OC(C)(C)C)C(=O)N4C2)n3C(C)C)nc1C(C)C. The molecule has 3 amide bonds. The van der Waals surface area contributed by atoms with Crippen LogP contribution in [0.2, 0.25) is 0 Å². The molecule has 1 saturated heterocycles. The largest absolute Gasteiger partial charge is 0.459 e. The van der Waals surface area contributed by atoms with Crippen LogP contribution in [0.5, 0.6) is 6.01 Å². The van der Waals surface area contributed by atoms with Gasteiger partial charge in [-0.15, -0.1) is 11.3 Å². The molecule has 1 aromatic carbocycles. The molecular weight excluding hydrogens is 826 g/mol. The summed E-state index contributed by atoms with van der Waals surface area (Å²) < 4.78 is 58.5. The standard InChI is InChI=1S/C43H60FN7O8S2/c1-24(2)35-26(5)60-37(46-35)34-29(44)18-19-31-36(34)47-40(51(31)25(3)4)58-28-20-32-33(52)22-43(39(54)48-61(56,57)49(9)10)21-27(43)16-14-12-11-13-15-17-30(38(53)50(32)23-28)45-41(55)59-42(6,7)8/h14,16,18-19,24-25,27-28,30,32H,11-13,15,17,20-23H2,1-10H3,(H,45,55)(H,48,54)/b16-14-/t27-,28-,30+,32+,43-/m1/s1. The summed E-state index contributed by atoms with van der Waals surface area (Å²) in [5.74, 6) is -2.47. The van der Waals surface area contributed by atoms with E-state index in [1.54, 1.807) is 26.8 Å². The van der Waals surface area contributed by atoms with Gasteiger partial charge in [-0.3, -0.25) is 19.0 Å². The number of imidazole rings is 1. The van der Waals surface area contributed by atoms with E-state index in [9.17, 15) is 27.6 Å². The van der Waals surface area contributed by atoms with Gasteiger partial charge in [-0.2, -0.15) is 17.7 Å². The monoisotopic (exact) mass is 885 g/mol. The van der Waals surface area contributed by atoms with Crippen molar-refractivity contribution < 1.29 is 41.5 Å². The summed E-state index contributed by atoms with van der Waals surface area (Å²) in [6.45, 7) is 15.0. The maximum atomic E-state index is 15.8. The number of ketones is 1. The zero-order valence-electron chi connectivity index (χ0n) is 36.8. The molecule has 6 rings (SSSR count). The maximum absolute atomic E-state index is 15.8. The number of amides is 3. The Morgan fingerprint density at radius 2 is 1.80 bits per heavy atom. The quantitative estimate of drug-likeness (QED) is 0.213. The lowest BCUT2D eigenvalue weighted by atomic mass is 9.91. The van der Waals surface area contributed by atoms with Gasteiger partial charge in [0, 0.05) is 37.9 Å². The van der Waals surface area contributed by atoms with E-state index >= 15 is 4.39 Å². The highest BCUT2D eigenvalue weighted by molar-refractivity contribution is 7.87. The van der Waals surface area contributed by atoms with Crippen molar-refractivity contribution in [2.24, 2.45) is 11.3 Å². The van der Waals surface area contributed by atoms with Gasteiger partial charge in [0.1, 0.15) is 34.1 Å². The number of hydrogen-bond donors (Lipinski definition) is 2. The molecule has 3 aliphatic rings. The number of nitrogens with one attached hydrogen (secondary N) is 2. The molecule has 4 heterocycles. The molecular formula is C43H60FN7O8S2. The summed E-state index contributed by atoms with van der Waals surface area (Å²) in [5.41, 5.74) is -0.0615. The number of thiazole rings is 1. The smallest absolute Gasteiger partial charge is 0.408 e. The Bertz CT molecular complexity index is 2310. The Labute approximate surface area is 362 Å². The number of carbonyl (C=O) groups excluding carboxylic acids is 4. The van der Waals surface area contributed by atoms with Crippen molar-refractivity contribution in [3.63, 3.8) is 0 Å². The number of carbonyl (C=O) groups is 4. The molecule has 2 fully saturated rings. The first-order valence-corrected chi connectivity index (χ1v) is 23.4.